The van der Waals surface area contributed by atoms with Gasteiger partial charge in [-0.1, -0.05) is 0 Å². The summed E-state index contributed by atoms with van der Waals surface area (Å²) < 4.78 is 10.1. The Morgan fingerprint density at radius 3 is 2.94 bits per heavy atom. The van der Waals surface area contributed by atoms with Crippen LogP contribution in [-0.4, -0.2) is 62.3 Å². The number of carbonyl (C=O) groups is 2. The van der Waals surface area contributed by atoms with E-state index in [0.717, 1.165) is 13.0 Å². The molecule has 2 atom stereocenters. The Kier molecular flexibility index (Phi) is 3.96. The summed E-state index contributed by atoms with van der Waals surface area (Å²) in [5.41, 5.74) is 0. The molecule has 2 saturated heterocycles. The van der Waals surface area contributed by atoms with Gasteiger partial charge in [0, 0.05) is 19.6 Å². The van der Waals surface area contributed by atoms with E-state index in [1.54, 1.807) is 4.90 Å². The Labute approximate surface area is 100 Å². The van der Waals surface area contributed by atoms with Gasteiger partial charge in [0.1, 0.15) is 12.1 Å². The minimum Gasteiger partial charge on any atom is -0.467 e. The highest BCUT2D eigenvalue weighted by atomic mass is 16.5. The number of nitrogens with one attached hydrogen (secondary N) is 1. The van der Waals surface area contributed by atoms with E-state index in [4.69, 9.17) is 9.47 Å². The average molecular weight is 242 g/mol. The van der Waals surface area contributed by atoms with Crippen LogP contribution in [0.2, 0.25) is 0 Å². The molecule has 0 aromatic rings. The van der Waals surface area contributed by atoms with Crippen LogP contribution >= 0.6 is 0 Å². The lowest BCUT2D eigenvalue weighted by Crippen LogP contribution is -2.52. The third-order valence-electron chi connectivity index (χ3n) is 3.21. The van der Waals surface area contributed by atoms with Crippen molar-refractivity contribution in [1.29, 1.82) is 0 Å². The van der Waals surface area contributed by atoms with Gasteiger partial charge < -0.3 is 19.7 Å². The number of hydrogen-bond acceptors (Lipinski definition) is 5. The highest BCUT2D eigenvalue weighted by Crippen LogP contribution is 2.20. The fraction of sp³-hybridized carbons (Fsp3) is 0.818. The maximum absolute atomic E-state index is 12.2. The van der Waals surface area contributed by atoms with Gasteiger partial charge in [0.05, 0.1) is 13.7 Å². The van der Waals surface area contributed by atoms with Crippen LogP contribution in [0.3, 0.4) is 0 Å². The summed E-state index contributed by atoms with van der Waals surface area (Å²) in [7, 11) is 1.35. The molecule has 0 aliphatic carbocycles. The molecule has 6 nitrogen and oxygen atoms in total. The standard InChI is InChI=1S/C11H18N2O4/c1-16-11(15)8-3-2-5-13(8)10(14)9-7-12-4-6-17-9/h8-9,12H,2-7H2,1H3. The summed E-state index contributed by atoms with van der Waals surface area (Å²) in [6.45, 7) is 2.43. The van der Waals surface area contributed by atoms with Gasteiger partial charge in [-0.15, -0.1) is 0 Å². The highest BCUT2D eigenvalue weighted by Gasteiger charge is 2.38. The summed E-state index contributed by atoms with van der Waals surface area (Å²) in [6.07, 6.45) is 1.05. The maximum atomic E-state index is 12.2. The Morgan fingerprint density at radius 2 is 2.29 bits per heavy atom. The fourth-order valence-corrected chi connectivity index (χ4v) is 2.32. The number of carbonyl (C=O) groups excluding carboxylic acids is 2. The number of ether oxygens (including phenoxy) is 2. The first-order valence-electron chi connectivity index (χ1n) is 5.94. The quantitative estimate of drug-likeness (QED) is 0.638. The van der Waals surface area contributed by atoms with Crippen LogP contribution in [0.1, 0.15) is 12.8 Å². The zero-order chi connectivity index (χ0) is 12.3. The lowest BCUT2D eigenvalue weighted by atomic mass is 10.2. The molecule has 2 fully saturated rings. The Morgan fingerprint density at radius 1 is 1.47 bits per heavy atom. The van der Waals surface area contributed by atoms with Crippen LogP contribution in [0.25, 0.3) is 0 Å². The maximum Gasteiger partial charge on any atom is 0.328 e. The molecule has 96 valence electrons. The van der Waals surface area contributed by atoms with Crippen molar-refractivity contribution < 1.29 is 19.1 Å². The van der Waals surface area contributed by atoms with Gasteiger partial charge in [-0.2, -0.15) is 0 Å². The van der Waals surface area contributed by atoms with Crippen molar-refractivity contribution in [2.75, 3.05) is 33.4 Å². The van der Waals surface area contributed by atoms with E-state index in [9.17, 15) is 9.59 Å². The average Bonchev–Trinajstić information content (AvgIpc) is 2.87. The normalized spacial score (nSPS) is 29.1. The van der Waals surface area contributed by atoms with E-state index in [2.05, 4.69) is 5.32 Å². The molecule has 2 unspecified atom stereocenters. The van der Waals surface area contributed by atoms with Crippen LogP contribution in [0, 0.1) is 0 Å². The van der Waals surface area contributed by atoms with Crippen LogP contribution in [0.15, 0.2) is 0 Å². The zero-order valence-electron chi connectivity index (χ0n) is 9.98. The summed E-state index contributed by atoms with van der Waals surface area (Å²) in [6, 6.07) is -0.432. The first-order valence-corrected chi connectivity index (χ1v) is 5.94. The summed E-state index contributed by atoms with van der Waals surface area (Å²) in [5, 5.41) is 3.11. The predicted octanol–water partition coefficient (Wildman–Crippen LogP) is -0.861. The minimum atomic E-state index is -0.464. The molecule has 2 aliphatic heterocycles. The summed E-state index contributed by atoms with van der Waals surface area (Å²) >= 11 is 0. The molecule has 0 spiro atoms. The number of hydrogen-bond donors (Lipinski definition) is 1. The number of likely N-dealkylation sites (tertiary alicyclic amines) is 1. The number of amides is 1. The molecule has 0 aromatic carbocycles. The Balaban J connectivity index is 1.99. The molecular weight excluding hydrogens is 224 g/mol. The molecule has 0 saturated carbocycles. The van der Waals surface area contributed by atoms with Gasteiger partial charge in [0.15, 0.2) is 0 Å². The largest absolute Gasteiger partial charge is 0.467 e. The van der Waals surface area contributed by atoms with Crippen molar-refractivity contribution in [2.45, 2.75) is 25.0 Å². The summed E-state index contributed by atoms with van der Waals surface area (Å²) in [5.74, 6) is -0.440. The SMILES string of the molecule is COC(=O)C1CCCN1C(=O)C1CNCCO1. The van der Waals surface area contributed by atoms with E-state index in [1.165, 1.54) is 7.11 Å². The lowest BCUT2D eigenvalue weighted by molar-refractivity contribution is -0.156. The molecule has 1 amide bonds. The van der Waals surface area contributed by atoms with E-state index in [0.29, 0.717) is 26.1 Å². The van der Waals surface area contributed by atoms with Gasteiger partial charge >= 0.3 is 5.97 Å². The molecule has 0 radical (unpaired) electrons. The third-order valence-corrected chi connectivity index (χ3v) is 3.21. The van der Waals surface area contributed by atoms with Gasteiger partial charge in [0.25, 0.3) is 5.91 Å². The predicted molar refractivity (Wildman–Crippen MR) is 59.4 cm³/mol. The van der Waals surface area contributed by atoms with Crippen molar-refractivity contribution in [3.05, 3.63) is 0 Å². The Hall–Kier alpha value is -1.14. The van der Waals surface area contributed by atoms with E-state index in [-0.39, 0.29) is 11.9 Å². The van der Waals surface area contributed by atoms with Crippen molar-refractivity contribution in [3.8, 4) is 0 Å². The first kappa shape index (κ1) is 12.3. The highest BCUT2D eigenvalue weighted by molar-refractivity contribution is 5.87. The second-order valence-corrected chi connectivity index (χ2v) is 4.28. The molecule has 1 N–H and O–H groups in total. The fourth-order valence-electron chi connectivity index (χ4n) is 2.32. The van der Waals surface area contributed by atoms with Crippen molar-refractivity contribution in [2.24, 2.45) is 0 Å². The molecular formula is C11H18N2O4. The molecule has 0 aromatic heterocycles. The number of esters is 1. The molecule has 6 heteroatoms. The van der Waals surface area contributed by atoms with Gasteiger partial charge in [-0.3, -0.25) is 4.79 Å². The number of nitrogens with zero attached hydrogens (tertiary/aromatic N) is 1. The topological polar surface area (TPSA) is 67.9 Å². The van der Waals surface area contributed by atoms with Gasteiger partial charge in [-0.05, 0) is 12.8 Å². The van der Waals surface area contributed by atoms with E-state index < -0.39 is 12.1 Å². The summed E-state index contributed by atoms with van der Waals surface area (Å²) in [4.78, 5) is 25.3. The van der Waals surface area contributed by atoms with Gasteiger partial charge in [0.2, 0.25) is 0 Å². The van der Waals surface area contributed by atoms with E-state index in [1.807, 2.05) is 0 Å². The monoisotopic (exact) mass is 242 g/mol. The van der Waals surface area contributed by atoms with Crippen molar-refractivity contribution in [1.82, 2.24) is 10.2 Å². The number of methoxy groups -OCH3 is 1. The van der Waals surface area contributed by atoms with Crippen LogP contribution in [0.4, 0.5) is 0 Å². The molecule has 2 rings (SSSR count). The minimum absolute atomic E-state index is 0.106. The second kappa shape index (κ2) is 5.46. The second-order valence-electron chi connectivity index (χ2n) is 4.28. The molecule has 17 heavy (non-hydrogen) atoms. The van der Waals surface area contributed by atoms with Gasteiger partial charge in [-0.25, -0.2) is 4.79 Å². The van der Waals surface area contributed by atoms with Crippen LogP contribution in [0.5, 0.6) is 0 Å². The number of morpholine rings is 1. The molecule has 2 aliphatic rings. The van der Waals surface area contributed by atoms with Crippen molar-refractivity contribution in [3.63, 3.8) is 0 Å². The van der Waals surface area contributed by atoms with Crippen LogP contribution in [-0.2, 0) is 19.1 Å². The smallest absolute Gasteiger partial charge is 0.328 e. The number of rotatable bonds is 2. The van der Waals surface area contributed by atoms with Crippen molar-refractivity contribution >= 4 is 11.9 Å². The lowest BCUT2D eigenvalue weighted by Gasteiger charge is -2.29. The molecule has 2 heterocycles. The third kappa shape index (κ3) is 2.58. The van der Waals surface area contributed by atoms with Crippen LogP contribution < -0.4 is 5.32 Å². The molecule has 0 bridgehead atoms. The Bertz CT molecular complexity index is 302. The van der Waals surface area contributed by atoms with E-state index >= 15 is 0 Å². The zero-order valence-corrected chi connectivity index (χ0v) is 9.98. The first-order chi connectivity index (χ1) is 8.24.